The molecule has 1 fully saturated rings. The van der Waals surface area contributed by atoms with Gasteiger partial charge in [-0.1, -0.05) is 26.0 Å². The van der Waals surface area contributed by atoms with Crippen LogP contribution in [0.15, 0.2) is 35.0 Å². The maximum absolute atomic E-state index is 14.1. The van der Waals surface area contributed by atoms with E-state index in [1.165, 1.54) is 32.8 Å². The topological polar surface area (TPSA) is 127 Å². The molecule has 6 bridgehead atoms. The minimum absolute atomic E-state index is 0.165. The molecule has 1 saturated heterocycles. The zero-order chi connectivity index (χ0) is 38.1. The van der Waals surface area contributed by atoms with E-state index in [4.69, 9.17) is 19.2 Å². The molecule has 0 saturated carbocycles. The van der Waals surface area contributed by atoms with Crippen molar-refractivity contribution in [1.82, 2.24) is 25.2 Å². The lowest BCUT2D eigenvalue weighted by atomic mass is 9.83. The first kappa shape index (κ1) is 38.7. The lowest BCUT2D eigenvalue weighted by molar-refractivity contribution is -0.155. The van der Waals surface area contributed by atoms with Crippen LogP contribution in [0.5, 0.6) is 0 Å². The summed E-state index contributed by atoms with van der Waals surface area (Å²) in [5, 5.41) is 5.51. The smallest absolute Gasteiger partial charge is 0.408 e. The van der Waals surface area contributed by atoms with Gasteiger partial charge in [-0.25, -0.2) is 10.2 Å². The van der Waals surface area contributed by atoms with Gasteiger partial charge >= 0.3 is 12.1 Å². The lowest BCUT2D eigenvalue weighted by Gasteiger charge is -2.37. The van der Waals surface area contributed by atoms with Crippen LogP contribution >= 0.6 is 0 Å². The fourth-order valence-electron chi connectivity index (χ4n) is 8.02. The normalized spacial score (nSPS) is 24.7. The average molecular weight is 731 g/mol. The fraction of sp³-hybridized carbons (Fsp3) is 0.610. The van der Waals surface area contributed by atoms with Gasteiger partial charge in [0, 0.05) is 67.9 Å². The van der Waals surface area contributed by atoms with Crippen molar-refractivity contribution in [2.24, 2.45) is 10.4 Å². The third kappa shape index (κ3) is 8.71. The Morgan fingerprint density at radius 2 is 1.98 bits per heavy atom. The number of rotatable bonds is 5. The summed E-state index contributed by atoms with van der Waals surface area (Å²) in [6.07, 6.45) is 7.83. The van der Waals surface area contributed by atoms with Crippen molar-refractivity contribution < 1.29 is 28.6 Å². The zero-order valence-corrected chi connectivity index (χ0v) is 32.8. The van der Waals surface area contributed by atoms with Gasteiger partial charge in [0.2, 0.25) is 0 Å². The Hall–Kier alpha value is -4.00. The van der Waals surface area contributed by atoms with Gasteiger partial charge in [0.25, 0.3) is 5.91 Å². The summed E-state index contributed by atoms with van der Waals surface area (Å²) in [6, 6.07) is 5.17. The number of aromatic nitrogens is 1. The number of methoxy groups -OCH3 is 1. The summed E-state index contributed by atoms with van der Waals surface area (Å²) in [5.41, 5.74) is 10.0. The molecule has 0 aliphatic carbocycles. The number of esters is 1. The number of amides is 2. The molecular formula is C41H58N6O6. The molecule has 5 heterocycles. The second-order valence-electron chi connectivity index (χ2n) is 16.6. The molecule has 2 N–H and O–H groups in total. The van der Waals surface area contributed by atoms with Crippen molar-refractivity contribution in [2.45, 2.75) is 117 Å². The number of allylic oxidation sites excluding steroid dienone is 1. The van der Waals surface area contributed by atoms with Crippen molar-refractivity contribution in [3.8, 4) is 0 Å². The van der Waals surface area contributed by atoms with E-state index in [9.17, 15) is 14.4 Å². The first-order valence-electron chi connectivity index (χ1n) is 19.3. The number of hydrogen-bond acceptors (Lipinski definition) is 9. The number of fused-ring (bicyclic) bond motifs is 6. The molecule has 1 aromatic heterocycles. The van der Waals surface area contributed by atoms with E-state index in [2.05, 4.69) is 72.2 Å². The van der Waals surface area contributed by atoms with Gasteiger partial charge in [-0.15, -0.1) is 0 Å². The number of nitrogens with one attached hydrogen (secondary N) is 2. The number of ether oxygens (including phenoxy) is 3. The SMILES string of the molecule is CCn1c(C2=C([C@H](C)OC)N=CCC2)c2c3cc(ccc31)C1=CCCN(C1)CC(NC(=O)OC(C)(C)C)C(=O)N1CCC[C@H](N1)C(=O)OCC(C)(C)C2. The Bertz CT molecular complexity index is 1820. The molecule has 2 amide bonds. The van der Waals surface area contributed by atoms with E-state index in [1.54, 1.807) is 27.9 Å². The molecule has 4 atom stereocenters. The quantitative estimate of drug-likeness (QED) is 0.366. The number of benzene rings is 1. The molecule has 12 nitrogen and oxygen atoms in total. The molecule has 53 heavy (non-hydrogen) atoms. The van der Waals surface area contributed by atoms with E-state index < -0.39 is 35.2 Å². The Balaban J connectivity index is 1.46. The van der Waals surface area contributed by atoms with Crippen molar-refractivity contribution >= 4 is 46.2 Å². The van der Waals surface area contributed by atoms with Crippen LogP contribution in [-0.4, -0.2) is 102 Å². The number of hydrazine groups is 1. The first-order chi connectivity index (χ1) is 25.2. The number of nitrogens with zero attached hydrogens (tertiary/aromatic N) is 4. The summed E-state index contributed by atoms with van der Waals surface area (Å²) in [4.78, 5) is 47.9. The third-order valence-corrected chi connectivity index (χ3v) is 10.6. The van der Waals surface area contributed by atoms with E-state index >= 15 is 0 Å². The highest BCUT2D eigenvalue weighted by Crippen LogP contribution is 2.41. The molecule has 2 unspecified atom stereocenters. The Morgan fingerprint density at radius 3 is 2.72 bits per heavy atom. The van der Waals surface area contributed by atoms with Gasteiger partial charge in [-0.2, -0.15) is 0 Å². The number of hydrogen-bond donors (Lipinski definition) is 2. The fourth-order valence-corrected chi connectivity index (χ4v) is 8.02. The van der Waals surface area contributed by atoms with Gasteiger partial charge in [0.15, 0.2) is 0 Å². The maximum Gasteiger partial charge on any atom is 0.408 e. The van der Waals surface area contributed by atoms with Crippen LogP contribution in [-0.2, 0) is 36.8 Å². The van der Waals surface area contributed by atoms with E-state index in [0.717, 1.165) is 49.1 Å². The maximum atomic E-state index is 14.1. The second-order valence-corrected chi connectivity index (χ2v) is 16.6. The third-order valence-electron chi connectivity index (χ3n) is 10.6. The lowest BCUT2D eigenvalue weighted by Crippen LogP contribution is -2.62. The van der Waals surface area contributed by atoms with Crippen LogP contribution in [0.3, 0.4) is 0 Å². The highest BCUT2D eigenvalue weighted by Gasteiger charge is 2.37. The van der Waals surface area contributed by atoms with E-state index in [0.29, 0.717) is 32.4 Å². The number of aryl methyl sites for hydroxylation is 1. The van der Waals surface area contributed by atoms with Crippen molar-refractivity contribution in [2.75, 3.05) is 39.9 Å². The van der Waals surface area contributed by atoms with Crippen molar-refractivity contribution in [3.63, 3.8) is 0 Å². The number of alkyl carbamates (subject to hydrolysis) is 1. The average Bonchev–Trinajstić information content (AvgIpc) is 3.43. The van der Waals surface area contributed by atoms with Gasteiger partial charge < -0.3 is 24.1 Å². The minimum Gasteiger partial charge on any atom is -0.464 e. The molecule has 12 heteroatoms. The summed E-state index contributed by atoms with van der Waals surface area (Å²) >= 11 is 0. The van der Waals surface area contributed by atoms with Crippen LogP contribution in [0.1, 0.15) is 97.4 Å². The van der Waals surface area contributed by atoms with Crippen molar-refractivity contribution in [1.29, 1.82) is 0 Å². The number of cyclic esters (lactones) is 1. The summed E-state index contributed by atoms with van der Waals surface area (Å²) < 4.78 is 19.9. The van der Waals surface area contributed by atoms with Crippen LogP contribution in [0.25, 0.3) is 22.0 Å². The van der Waals surface area contributed by atoms with Gasteiger partial charge in [-0.05, 0) is 102 Å². The monoisotopic (exact) mass is 730 g/mol. The minimum atomic E-state index is -0.894. The molecule has 6 rings (SSSR count). The number of carbonyl (C=O) groups excluding carboxylic acids is 3. The molecule has 2 aromatic rings. The highest BCUT2D eigenvalue weighted by molar-refractivity contribution is 5.94. The molecule has 0 spiro atoms. The molecule has 1 aromatic carbocycles. The molecular weight excluding hydrogens is 672 g/mol. The number of aliphatic imine (C=N–C) groups is 1. The highest BCUT2D eigenvalue weighted by atomic mass is 16.6. The van der Waals surface area contributed by atoms with Crippen LogP contribution < -0.4 is 10.7 Å². The Labute approximate surface area is 313 Å². The van der Waals surface area contributed by atoms with Gasteiger partial charge in [0.05, 0.1) is 24.1 Å². The van der Waals surface area contributed by atoms with E-state index in [1.807, 2.05) is 6.21 Å². The largest absolute Gasteiger partial charge is 0.464 e. The van der Waals surface area contributed by atoms with Gasteiger partial charge in [-0.3, -0.25) is 24.5 Å². The summed E-state index contributed by atoms with van der Waals surface area (Å²) in [6.45, 7) is 16.9. The molecule has 0 radical (unpaired) electrons. The van der Waals surface area contributed by atoms with E-state index in [-0.39, 0.29) is 25.2 Å². The van der Waals surface area contributed by atoms with Gasteiger partial charge in [0.1, 0.15) is 17.7 Å². The second kappa shape index (κ2) is 15.8. The molecule has 4 aliphatic heterocycles. The first-order valence-corrected chi connectivity index (χ1v) is 19.3. The predicted octanol–water partition coefficient (Wildman–Crippen LogP) is 5.88. The number of carbonyl (C=O) groups is 3. The Kier molecular flexibility index (Phi) is 11.5. The standard InChI is InChI=1S/C41H58N6O6/c1-9-46-34-17-16-27-21-30(34)31(36(46)29-14-10-18-42-35(29)26(2)51-8)22-41(6,7)25-52-38(49)32-15-12-20-47(44-32)37(48)33(43-39(50)53-40(3,4)5)24-45-19-11-13-28(27)23-45/h13,16-18,21,26,32-33,44H,9-12,14-15,19-20,22-25H2,1-8H3,(H,43,50)/t26-,32-,33?/m0/s1. The summed E-state index contributed by atoms with van der Waals surface area (Å²) in [7, 11) is 1.73. The Morgan fingerprint density at radius 1 is 1.19 bits per heavy atom. The molecule has 4 aliphatic rings. The van der Waals surface area contributed by atoms with Crippen molar-refractivity contribution in [3.05, 3.63) is 46.8 Å². The zero-order valence-electron chi connectivity index (χ0n) is 32.8. The van der Waals surface area contributed by atoms with Crippen LogP contribution in [0, 0.1) is 5.41 Å². The van der Waals surface area contributed by atoms with Crippen LogP contribution in [0.2, 0.25) is 0 Å². The summed E-state index contributed by atoms with van der Waals surface area (Å²) in [5.74, 6) is -0.702. The van der Waals surface area contributed by atoms with Crippen LogP contribution in [0.4, 0.5) is 4.79 Å². The predicted molar refractivity (Wildman–Crippen MR) is 207 cm³/mol. The molecule has 288 valence electrons.